The Labute approximate surface area is 368 Å². The molecule has 5 fully saturated rings. The van der Waals surface area contributed by atoms with Crippen molar-refractivity contribution < 1.29 is 57.0 Å². The number of benzene rings is 1. The van der Waals surface area contributed by atoms with Crippen LogP contribution >= 0.6 is 0 Å². The Hall–Kier alpha value is -2.53. The van der Waals surface area contributed by atoms with Crippen molar-refractivity contribution in [3.8, 4) is 0 Å². The summed E-state index contributed by atoms with van der Waals surface area (Å²) in [7, 11) is 8.98. The average Bonchev–Trinajstić information content (AvgIpc) is 3.83. The monoisotopic (exact) mass is 873 g/mol. The predicted octanol–water partition coefficient (Wildman–Crippen LogP) is 6.22. The molecule has 1 aromatic carbocycles. The summed E-state index contributed by atoms with van der Waals surface area (Å²) in [5, 5.41) is 16.3. The van der Waals surface area contributed by atoms with Gasteiger partial charge in [-0.3, -0.25) is 9.59 Å². The van der Waals surface area contributed by atoms with E-state index in [1.807, 2.05) is 26.8 Å². The third-order valence-corrected chi connectivity index (χ3v) is 15.5. The summed E-state index contributed by atoms with van der Waals surface area (Å²) < 4.78 is 65.1. The summed E-state index contributed by atoms with van der Waals surface area (Å²) in [4.78, 5) is 31.2. The number of cyclic esters (lactones) is 1. The van der Waals surface area contributed by atoms with Crippen LogP contribution in [0.5, 0.6) is 0 Å². The van der Waals surface area contributed by atoms with Gasteiger partial charge in [0.15, 0.2) is 18.4 Å². The molecule has 7 rings (SSSR count). The highest BCUT2D eigenvalue weighted by Gasteiger charge is 2.60. The van der Waals surface area contributed by atoms with Gasteiger partial charge in [0.25, 0.3) is 0 Å². The molecule has 13 nitrogen and oxygen atoms in total. The first-order valence-corrected chi connectivity index (χ1v) is 23.2. The number of carbonyl (C=O) groups is 2. The van der Waals surface area contributed by atoms with E-state index in [0.717, 1.165) is 19.3 Å². The summed E-state index contributed by atoms with van der Waals surface area (Å²) in [6.07, 6.45) is 2.58. The molecule has 3 saturated heterocycles. The van der Waals surface area contributed by atoms with Crippen LogP contribution in [0.25, 0.3) is 0 Å². The van der Waals surface area contributed by atoms with Gasteiger partial charge in [0.2, 0.25) is 0 Å². The zero-order valence-corrected chi connectivity index (χ0v) is 38.5. The number of ether oxygens (including phenoxy) is 8. The van der Waals surface area contributed by atoms with Crippen molar-refractivity contribution in [2.45, 2.75) is 172 Å². The summed E-state index contributed by atoms with van der Waals surface area (Å²) in [5.74, 6) is -2.85. The minimum absolute atomic E-state index is 0.0292. The lowest BCUT2D eigenvalue weighted by Crippen LogP contribution is -2.59. The Morgan fingerprint density at radius 3 is 2.31 bits per heavy atom. The smallest absolute Gasteiger partial charge is 0.306 e. The number of allylic oxidation sites excluding steroid dienone is 2. The molecule has 6 aliphatic rings. The number of fused-ring (bicyclic) bond motifs is 5. The van der Waals surface area contributed by atoms with Gasteiger partial charge in [-0.25, -0.2) is 4.39 Å². The topological polar surface area (TPSA) is 143 Å². The lowest BCUT2D eigenvalue weighted by molar-refractivity contribution is -0.314. The summed E-state index contributed by atoms with van der Waals surface area (Å²) in [5.41, 5.74) is 1.59. The van der Waals surface area contributed by atoms with E-state index >= 15 is 9.18 Å². The number of nitrogens with one attached hydrogen (secondary N) is 1. The Balaban J connectivity index is 1.22. The molecule has 14 heteroatoms. The summed E-state index contributed by atoms with van der Waals surface area (Å²) in [6, 6.07) is 4.65. The van der Waals surface area contributed by atoms with Crippen molar-refractivity contribution in [1.29, 1.82) is 0 Å². The van der Waals surface area contributed by atoms with Crippen molar-refractivity contribution in [3.05, 3.63) is 41.2 Å². The van der Waals surface area contributed by atoms with Crippen LogP contribution in [0, 0.1) is 48.2 Å². The Morgan fingerprint density at radius 1 is 0.903 bits per heavy atom. The minimum atomic E-state index is -1.00. The van der Waals surface area contributed by atoms with E-state index in [4.69, 9.17) is 37.9 Å². The molecule has 3 aliphatic carbocycles. The first-order valence-electron chi connectivity index (χ1n) is 23.2. The predicted molar refractivity (Wildman–Crippen MR) is 230 cm³/mol. The third-order valence-electron chi connectivity index (χ3n) is 15.5. The highest BCUT2D eigenvalue weighted by Crippen LogP contribution is 2.57. The number of Topliss-reactive ketones (excluding diaryl/α,β-unsaturated/α-hetero) is 1. The van der Waals surface area contributed by atoms with E-state index in [9.17, 15) is 9.90 Å². The number of hydrogen-bond donors (Lipinski definition) is 2. The lowest BCUT2D eigenvalue weighted by Gasteiger charge is -2.47. The Kier molecular flexibility index (Phi) is 15.6. The lowest BCUT2D eigenvalue weighted by atomic mass is 9.62. The van der Waals surface area contributed by atoms with Crippen molar-refractivity contribution in [3.63, 3.8) is 0 Å². The van der Waals surface area contributed by atoms with Gasteiger partial charge >= 0.3 is 5.97 Å². The zero-order chi connectivity index (χ0) is 44.6. The number of hydrogen-bond acceptors (Lipinski definition) is 13. The molecule has 2 saturated carbocycles. The van der Waals surface area contributed by atoms with E-state index in [1.165, 1.54) is 6.07 Å². The molecule has 0 bridgehead atoms. The number of anilines is 1. The molecule has 3 heterocycles. The number of carbonyl (C=O) groups excluding carboxylic acids is 2. The van der Waals surface area contributed by atoms with E-state index in [0.29, 0.717) is 48.9 Å². The van der Waals surface area contributed by atoms with Gasteiger partial charge in [-0.05, 0) is 122 Å². The summed E-state index contributed by atoms with van der Waals surface area (Å²) in [6.45, 7) is 9.69. The van der Waals surface area contributed by atoms with Crippen molar-refractivity contribution in [2.75, 3.05) is 40.7 Å². The van der Waals surface area contributed by atoms with Gasteiger partial charge in [0.1, 0.15) is 30.2 Å². The average molecular weight is 873 g/mol. The standard InChI is InChI=1S/C48H73FN2O11/c1-11-28-14-12-17-38(62-40-19-18-37(51(6)7)26(4)58-40)25(3)43(53)34-22-31-30-20-29(61-48-47(57-10)46(56-9)45(55-8)27(5)59-48)21-33(30)42(50-36-16-13-15-35(49)24(36)2)44(54)41(31)32(34)23-39(52)60-28/h13,15-16,22,25-33,37-38,40-42,44-48,50,54H,11-12,14,17-21,23H2,1-10H3/t25-,26?,27?,28+,29+,30+,31+,32-,33-,37+,38+,40+,41-,42+,44+,45+,46?,47+,48+/m1/s1. The number of likely N-dealkylation sites (N-methyl/N-ethyl adjacent to an activating group) is 1. The van der Waals surface area contributed by atoms with E-state index in [-0.39, 0.29) is 78.3 Å². The van der Waals surface area contributed by atoms with Crippen molar-refractivity contribution in [2.24, 2.45) is 35.5 Å². The van der Waals surface area contributed by atoms with Crippen molar-refractivity contribution in [1.82, 2.24) is 4.90 Å². The van der Waals surface area contributed by atoms with Gasteiger partial charge in [0.05, 0.1) is 43.0 Å². The molecule has 0 aromatic heterocycles. The fraction of sp³-hybridized carbons (Fsp3) is 0.792. The second kappa shape index (κ2) is 20.3. The SMILES string of the molecule is CC[C@H]1CCC[C@H](O[C@H]2CC[C@H](N(C)C)C(C)O2)[C@@H](C)C(=O)C2=C[C@H]3[C@@H]4C[C@H](O[C@@H]5OC(C)[C@H](OC)C(OC)[C@@H]5OC)C[C@H]4[C@H](Nc4cccc(F)c4C)[C@@H](O)[C@H]3[C@@H]2CC(=O)O1. The van der Waals surface area contributed by atoms with Crippen LogP contribution in [0.3, 0.4) is 0 Å². The molecule has 0 radical (unpaired) electrons. The zero-order valence-electron chi connectivity index (χ0n) is 38.5. The van der Waals surface area contributed by atoms with E-state index in [1.54, 1.807) is 34.3 Å². The maximum absolute atomic E-state index is 15.1. The van der Waals surface area contributed by atoms with Gasteiger partial charge in [-0.15, -0.1) is 0 Å². The van der Waals surface area contributed by atoms with Gasteiger partial charge in [-0.2, -0.15) is 0 Å². The molecule has 2 N–H and O–H groups in total. The maximum atomic E-state index is 15.1. The number of methoxy groups -OCH3 is 3. The number of halogens is 1. The Morgan fingerprint density at radius 2 is 1.63 bits per heavy atom. The molecule has 0 amide bonds. The number of rotatable bonds is 11. The number of aliphatic hydroxyl groups is 1. The molecule has 3 aliphatic heterocycles. The first-order chi connectivity index (χ1) is 29.7. The quantitative estimate of drug-likeness (QED) is 0.243. The minimum Gasteiger partial charge on any atom is -0.462 e. The largest absolute Gasteiger partial charge is 0.462 e. The van der Waals surface area contributed by atoms with E-state index < -0.39 is 60.8 Å². The molecule has 19 atom stereocenters. The van der Waals surface area contributed by atoms with Crippen LogP contribution in [0.2, 0.25) is 0 Å². The van der Waals surface area contributed by atoms with Crippen LogP contribution in [0.1, 0.15) is 91.0 Å². The second-order valence-electron chi connectivity index (χ2n) is 19.2. The third kappa shape index (κ3) is 9.56. The van der Waals surface area contributed by atoms with E-state index in [2.05, 4.69) is 37.3 Å². The maximum Gasteiger partial charge on any atom is 0.306 e. The molecular weight excluding hydrogens is 800 g/mol. The van der Waals surface area contributed by atoms with Crippen LogP contribution < -0.4 is 5.32 Å². The van der Waals surface area contributed by atoms with Crippen molar-refractivity contribution >= 4 is 17.4 Å². The Bertz CT molecular complexity index is 1730. The van der Waals surface area contributed by atoms with Crippen LogP contribution in [0.4, 0.5) is 10.1 Å². The number of nitrogens with zero attached hydrogens (tertiary/aromatic N) is 1. The number of aliphatic hydroxyl groups excluding tert-OH is 1. The van der Waals surface area contributed by atoms with Crippen LogP contribution in [-0.4, -0.2) is 137 Å². The van der Waals surface area contributed by atoms with Gasteiger partial charge < -0.3 is 53.2 Å². The fourth-order valence-corrected chi connectivity index (χ4v) is 12.2. The highest BCUT2D eigenvalue weighted by molar-refractivity contribution is 5.99. The second-order valence-corrected chi connectivity index (χ2v) is 19.2. The molecule has 348 valence electrons. The first kappa shape index (κ1) is 47.4. The molecule has 62 heavy (non-hydrogen) atoms. The van der Waals surface area contributed by atoms with Crippen LogP contribution in [-0.2, 0) is 47.5 Å². The normalized spacial score (nSPS) is 42.9. The fourth-order valence-electron chi connectivity index (χ4n) is 12.2. The molecular formula is C48H73FN2O11. The van der Waals surface area contributed by atoms with Crippen LogP contribution in [0.15, 0.2) is 29.8 Å². The molecule has 3 unspecified atom stereocenters. The summed E-state index contributed by atoms with van der Waals surface area (Å²) >= 11 is 0. The number of ketones is 1. The number of esters is 1. The van der Waals surface area contributed by atoms with Gasteiger partial charge in [0, 0.05) is 56.4 Å². The molecule has 1 aromatic rings. The molecule has 0 spiro atoms. The van der Waals surface area contributed by atoms with Gasteiger partial charge in [-0.1, -0.05) is 26.0 Å². The highest BCUT2D eigenvalue weighted by atomic mass is 19.1.